The van der Waals surface area contributed by atoms with Gasteiger partial charge in [0, 0.05) is 26.2 Å². The summed E-state index contributed by atoms with van der Waals surface area (Å²) in [5.74, 6) is 1.41. The molecule has 0 unspecified atom stereocenters. The van der Waals surface area contributed by atoms with Crippen molar-refractivity contribution in [3.63, 3.8) is 0 Å². The third-order valence-electron chi connectivity index (χ3n) is 7.03. The van der Waals surface area contributed by atoms with Gasteiger partial charge in [-0.05, 0) is 79.6 Å². The van der Waals surface area contributed by atoms with E-state index in [2.05, 4.69) is 0 Å². The van der Waals surface area contributed by atoms with Crippen LogP contribution in [0.2, 0.25) is 0 Å². The fourth-order valence-corrected chi connectivity index (χ4v) is 8.05. The van der Waals surface area contributed by atoms with Crippen LogP contribution in [0.25, 0.3) is 0 Å². The van der Waals surface area contributed by atoms with Crippen molar-refractivity contribution in [2.75, 3.05) is 40.4 Å². The molecule has 0 bridgehead atoms. The Labute approximate surface area is 233 Å². The zero-order chi connectivity index (χ0) is 28.6. The number of nitrogens with zero attached hydrogens (tertiary/aromatic N) is 2. The van der Waals surface area contributed by atoms with Gasteiger partial charge in [-0.1, -0.05) is 26.7 Å². The first-order chi connectivity index (χ1) is 18.5. The molecule has 0 aromatic heterocycles. The van der Waals surface area contributed by atoms with E-state index in [1.54, 1.807) is 24.3 Å². The van der Waals surface area contributed by atoms with Crippen molar-refractivity contribution < 1.29 is 31.4 Å². The van der Waals surface area contributed by atoms with Gasteiger partial charge in [0.15, 0.2) is 0 Å². The number of aliphatic hydroxyl groups excluding tert-OH is 1. The Morgan fingerprint density at radius 1 is 0.795 bits per heavy atom. The first-order valence-corrected chi connectivity index (χ1v) is 16.3. The van der Waals surface area contributed by atoms with E-state index in [0.29, 0.717) is 18.0 Å². The van der Waals surface area contributed by atoms with E-state index in [-0.39, 0.29) is 47.7 Å². The highest BCUT2D eigenvalue weighted by molar-refractivity contribution is 7.89. The smallest absolute Gasteiger partial charge is 0.243 e. The van der Waals surface area contributed by atoms with Crippen LogP contribution in [0.15, 0.2) is 58.3 Å². The molecule has 39 heavy (non-hydrogen) atoms. The van der Waals surface area contributed by atoms with Crippen LogP contribution in [0.5, 0.6) is 11.5 Å². The molecule has 1 N–H and O–H groups in total. The zero-order valence-corrected chi connectivity index (χ0v) is 25.0. The molecule has 0 amide bonds. The number of hydrogen-bond donors (Lipinski definition) is 1. The standard InChI is InChI=1S/C28H42N2O7S2/c1-22(2)19-30(39(34,35)28-15-11-26(37-4)12-16-28)21-24(31)17-18-29(20-23-7-5-6-8-23)38(32,33)27-13-9-25(36-3)10-14-27/h9-16,22-24,31H,5-8,17-21H2,1-4H3/t24-/m1/s1. The Hall–Kier alpha value is -2.18. The molecule has 218 valence electrons. The predicted octanol–water partition coefficient (Wildman–Crippen LogP) is 3.98. The zero-order valence-electron chi connectivity index (χ0n) is 23.3. The van der Waals surface area contributed by atoms with Gasteiger partial charge in [0.2, 0.25) is 20.0 Å². The second kappa shape index (κ2) is 13.9. The summed E-state index contributed by atoms with van der Waals surface area (Å²) < 4.78 is 67.0. The highest BCUT2D eigenvalue weighted by atomic mass is 32.2. The summed E-state index contributed by atoms with van der Waals surface area (Å²) >= 11 is 0. The lowest BCUT2D eigenvalue weighted by atomic mass is 10.1. The van der Waals surface area contributed by atoms with Gasteiger partial charge >= 0.3 is 0 Å². The second-order valence-electron chi connectivity index (χ2n) is 10.5. The van der Waals surface area contributed by atoms with Gasteiger partial charge in [-0.2, -0.15) is 8.61 Å². The molecule has 11 heteroatoms. The third-order valence-corrected chi connectivity index (χ3v) is 10.8. The number of methoxy groups -OCH3 is 2. The molecule has 0 heterocycles. The quantitative estimate of drug-likeness (QED) is 0.338. The van der Waals surface area contributed by atoms with Crippen LogP contribution in [-0.2, 0) is 20.0 Å². The summed E-state index contributed by atoms with van der Waals surface area (Å²) in [7, 11) is -4.66. The summed E-state index contributed by atoms with van der Waals surface area (Å²) in [5.41, 5.74) is 0. The normalized spacial score (nSPS) is 15.8. The van der Waals surface area contributed by atoms with Gasteiger partial charge in [0.25, 0.3) is 0 Å². The maximum absolute atomic E-state index is 13.6. The molecule has 2 aromatic carbocycles. The number of benzene rings is 2. The van der Waals surface area contributed by atoms with Crippen LogP contribution in [-0.4, -0.2) is 77.1 Å². The summed E-state index contributed by atoms with van der Waals surface area (Å²) in [4.78, 5) is 0.278. The molecule has 0 spiro atoms. The predicted molar refractivity (Wildman–Crippen MR) is 151 cm³/mol. The summed E-state index contributed by atoms with van der Waals surface area (Å²) in [5, 5.41) is 11.0. The fraction of sp³-hybridized carbons (Fsp3) is 0.571. The molecule has 1 aliphatic carbocycles. The minimum Gasteiger partial charge on any atom is -0.497 e. The molecule has 1 saturated carbocycles. The minimum atomic E-state index is -3.88. The number of aliphatic hydroxyl groups is 1. The second-order valence-corrected chi connectivity index (χ2v) is 14.4. The van der Waals surface area contributed by atoms with Gasteiger partial charge < -0.3 is 14.6 Å². The Morgan fingerprint density at radius 2 is 1.26 bits per heavy atom. The molecule has 1 fully saturated rings. The molecule has 9 nitrogen and oxygen atoms in total. The van der Waals surface area contributed by atoms with Crippen molar-refractivity contribution in [3.05, 3.63) is 48.5 Å². The highest BCUT2D eigenvalue weighted by Gasteiger charge is 2.31. The van der Waals surface area contributed by atoms with Crippen LogP contribution in [0.1, 0.15) is 46.0 Å². The summed E-state index contributed by atoms with van der Waals surface area (Å²) in [6.45, 7) is 4.38. The van der Waals surface area contributed by atoms with E-state index in [1.165, 1.54) is 47.1 Å². The first-order valence-electron chi connectivity index (χ1n) is 13.4. The molecule has 2 aromatic rings. The number of rotatable bonds is 15. The van der Waals surface area contributed by atoms with Gasteiger partial charge in [0.1, 0.15) is 11.5 Å². The minimum absolute atomic E-state index is 0.0274. The fourth-order valence-electron chi connectivity index (χ4n) is 4.88. The van der Waals surface area contributed by atoms with Crippen molar-refractivity contribution in [2.24, 2.45) is 11.8 Å². The van der Waals surface area contributed by atoms with Crippen molar-refractivity contribution in [2.45, 2.75) is 61.8 Å². The molecule has 1 aliphatic rings. The van der Waals surface area contributed by atoms with Crippen LogP contribution >= 0.6 is 0 Å². The first kappa shape index (κ1) is 31.3. The van der Waals surface area contributed by atoms with Gasteiger partial charge in [-0.3, -0.25) is 0 Å². The van der Waals surface area contributed by atoms with Crippen LogP contribution in [0.3, 0.4) is 0 Å². The molecular formula is C28H42N2O7S2. The molecule has 0 radical (unpaired) electrons. The van der Waals surface area contributed by atoms with Crippen LogP contribution < -0.4 is 9.47 Å². The van der Waals surface area contributed by atoms with Crippen molar-refractivity contribution >= 4 is 20.0 Å². The Balaban J connectivity index is 1.76. The van der Waals surface area contributed by atoms with E-state index >= 15 is 0 Å². The van der Waals surface area contributed by atoms with Gasteiger partial charge in [-0.15, -0.1) is 0 Å². The molecule has 3 rings (SSSR count). The lowest BCUT2D eigenvalue weighted by molar-refractivity contribution is 0.125. The number of hydrogen-bond acceptors (Lipinski definition) is 7. The van der Waals surface area contributed by atoms with E-state index in [9.17, 15) is 21.9 Å². The molecule has 0 saturated heterocycles. The van der Waals surface area contributed by atoms with E-state index in [0.717, 1.165) is 25.7 Å². The van der Waals surface area contributed by atoms with E-state index in [1.807, 2.05) is 13.8 Å². The van der Waals surface area contributed by atoms with Crippen molar-refractivity contribution in [1.29, 1.82) is 0 Å². The highest BCUT2D eigenvalue weighted by Crippen LogP contribution is 2.29. The third kappa shape index (κ3) is 8.40. The molecular weight excluding hydrogens is 540 g/mol. The topological polar surface area (TPSA) is 113 Å². The number of ether oxygens (including phenoxy) is 2. The SMILES string of the molecule is COc1ccc(S(=O)(=O)N(CC[C@@H](O)CN(CC(C)C)S(=O)(=O)c2ccc(OC)cc2)CC2CCCC2)cc1. The monoisotopic (exact) mass is 582 g/mol. The molecule has 0 aliphatic heterocycles. The Morgan fingerprint density at radius 3 is 1.69 bits per heavy atom. The number of sulfonamides is 2. The lowest BCUT2D eigenvalue weighted by Gasteiger charge is -2.29. The van der Waals surface area contributed by atoms with Crippen LogP contribution in [0, 0.1) is 11.8 Å². The lowest BCUT2D eigenvalue weighted by Crippen LogP contribution is -2.42. The molecule has 1 atom stereocenters. The Bertz CT molecular complexity index is 1240. The van der Waals surface area contributed by atoms with Crippen molar-refractivity contribution in [1.82, 2.24) is 8.61 Å². The maximum atomic E-state index is 13.6. The maximum Gasteiger partial charge on any atom is 0.243 e. The van der Waals surface area contributed by atoms with E-state index < -0.39 is 26.2 Å². The summed E-state index contributed by atoms with van der Waals surface area (Å²) in [6.07, 6.45) is 3.16. The van der Waals surface area contributed by atoms with Gasteiger partial charge in [0.05, 0.1) is 30.1 Å². The van der Waals surface area contributed by atoms with Crippen LogP contribution in [0.4, 0.5) is 0 Å². The van der Waals surface area contributed by atoms with E-state index in [4.69, 9.17) is 9.47 Å². The summed E-state index contributed by atoms with van der Waals surface area (Å²) in [6, 6.07) is 12.4. The average molecular weight is 583 g/mol. The van der Waals surface area contributed by atoms with Gasteiger partial charge in [-0.25, -0.2) is 16.8 Å². The van der Waals surface area contributed by atoms with Crippen molar-refractivity contribution in [3.8, 4) is 11.5 Å². The largest absolute Gasteiger partial charge is 0.497 e. The Kier molecular flexibility index (Phi) is 11.2. The average Bonchev–Trinajstić information content (AvgIpc) is 3.43.